The quantitative estimate of drug-likeness (QED) is 0.791. The lowest BCUT2D eigenvalue weighted by atomic mass is 10.1. The van der Waals surface area contributed by atoms with Crippen LogP contribution < -0.4 is 26.0 Å². The van der Waals surface area contributed by atoms with Crippen molar-refractivity contribution >= 4 is 23.2 Å². The van der Waals surface area contributed by atoms with Gasteiger partial charge in [-0.05, 0) is 19.4 Å². The first-order valence-corrected chi connectivity index (χ1v) is 8.16. The summed E-state index contributed by atoms with van der Waals surface area (Å²) in [5.74, 6) is 0.502. The molecule has 1 amide bonds. The van der Waals surface area contributed by atoms with Crippen LogP contribution in [0.15, 0.2) is 21.7 Å². The molecule has 1 aromatic heterocycles. The van der Waals surface area contributed by atoms with Crippen LogP contribution in [0.1, 0.15) is 17.7 Å². The first-order chi connectivity index (χ1) is 12.3. The summed E-state index contributed by atoms with van der Waals surface area (Å²) in [6.07, 6.45) is 0.238. The van der Waals surface area contributed by atoms with Crippen LogP contribution in [-0.2, 0) is 18.3 Å². The third kappa shape index (κ3) is 4.08. The normalized spacial score (nSPS) is 10.5. The molecule has 9 heteroatoms. The highest BCUT2D eigenvalue weighted by molar-refractivity contribution is 6.32. The van der Waals surface area contributed by atoms with E-state index in [-0.39, 0.29) is 18.7 Å². The van der Waals surface area contributed by atoms with Gasteiger partial charge in [-0.1, -0.05) is 11.6 Å². The smallest absolute Gasteiger partial charge is 0.328 e. The van der Waals surface area contributed by atoms with E-state index in [0.717, 1.165) is 4.57 Å². The van der Waals surface area contributed by atoms with Crippen molar-refractivity contribution in [3.63, 3.8) is 0 Å². The predicted molar refractivity (Wildman–Crippen MR) is 98.5 cm³/mol. The number of methoxy groups -OCH3 is 2. The molecule has 8 nitrogen and oxygen atoms in total. The Hall–Kier alpha value is -2.74. The highest BCUT2D eigenvalue weighted by Gasteiger charge is 2.15. The number of carbonyl (C=O) groups excluding carboxylic acids is 1. The molecular weight excluding hydrogens is 362 g/mol. The fourth-order valence-corrected chi connectivity index (χ4v) is 2.72. The summed E-state index contributed by atoms with van der Waals surface area (Å²) in [7, 11) is 4.33. The molecule has 0 aliphatic carbocycles. The van der Waals surface area contributed by atoms with Gasteiger partial charge in [0.15, 0.2) is 0 Å². The summed E-state index contributed by atoms with van der Waals surface area (Å²) >= 11 is 6.08. The lowest BCUT2D eigenvalue weighted by Crippen LogP contribution is -2.36. The van der Waals surface area contributed by atoms with Gasteiger partial charge in [0.1, 0.15) is 11.5 Å². The largest absolute Gasteiger partial charge is 0.495 e. The summed E-state index contributed by atoms with van der Waals surface area (Å²) < 4.78 is 11.3. The van der Waals surface area contributed by atoms with Crippen molar-refractivity contribution in [1.82, 2.24) is 9.55 Å². The third-order valence-corrected chi connectivity index (χ3v) is 4.26. The number of aromatic nitrogens is 2. The van der Waals surface area contributed by atoms with E-state index in [1.165, 1.54) is 27.3 Å². The number of hydrogen-bond donors (Lipinski definition) is 2. The molecule has 1 aromatic carbocycles. The van der Waals surface area contributed by atoms with E-state index in [0.29, 0.717) is 33.5 Å². The summed E-state index contributed by atoms with van der Waals surface area (Å²) in [5.41, 5.74) is 0.342. The monoisotopic (exact) mass is 381 g/mol. The lowest BCUT2D eigenvalue weighted by molar-refractivity contribution is -0.116. The van der Waals surface area contributed by atoms with E-state index >= 15 is 0 Å². The van der Waals surface area contributed by atoms with Crippen molar-refractivity contribution in [2.45, 2.75) is 19.8 Å². The van der Waals surface area contributed by atoms with Gasteiger partial charge in [-0.15, -0.1) is 0 Å². The zero-order chi connectivity index (χ0) is 19.4. The average Bonchev–Trinajstić information content (AvgIpc) is 2.60. The maximum Gasteiger partial charge on any atom is 0.328 e. The molecular formula is C17H20ClN3O5. The second-order valence-corrected chi connectivity index (χ2v) is 6.04. The van der Waals surface area contributed by atoms with Crippen LogP contribution in [0.4, 0.5) is 5.69 Å². The Morgan fingerprint density at radius 2 is 1.88 bits per heavy atom. The van der Waals surface area contributed by atoms with E-state index in [4.69, 9.17) is 21.1 Å². The van der Waals surface area contributed by atoms with Crippen LogP contribution in [0, 0.1) is 6.92 Å². The van der Waals surface area contributed by atoms with Gasteiger partial charge in [0.25, 0.3) is 5.56 Å². The molecule has 2 aromatic rings. The van der Waals surface area contributed by atoms with E-state index in [2.05, 4.69) is 10.3 Å². The number of carbonyl (C=O) groups is 1. The van der Waals surface area contributed by atoms with Gasteiger partial charge in [0, 0.05) is 30.8 Å². The zero-order valence-electron chi connectivity index (χ0n) is 14.9. The number of hydrogen-bond acceptors (Lipinski definition) is 5. The predicted octanol–water partition coefficient (Wildman–Crippen LogP) is 1.62. The van der Waals surface area contributed by atoms with E-state index in [1.807, 2.05) is 0 Å². The first-order valence-electron chi connectivity index (χ1n) is 7.78. The molecule has 140 valence electrons. The number of H-pyrrole nitrogens is 1. The molecule has 26 heavy (non-hydrogen) atoms. The second kappa shape index (κ2) is 8.09. The van der Waals surface area contributed by atoms with E-state index < -0.39 is 11.2 Å². The van der Waals surface area contributed by atoms with Crippen molar-refractivity contribution in [3.8, 4) is 11.5 Å². The minimum atomic E-state index is -0.488. The van der Waals surface area contributed by atoms with Crippen LogP contribution in [0.2, 0.25) is 5.02 Å². The highest BCUT2D eigenvalue weighted by atomic mass is 35.5. The molecule has 2 N–H and O–H groups in total. The van der Waals surface area contributed by atoms with Gasteiger partial charge in [0.2, 0.25) is 5.91 Å². The molecule has 0 atom stereocenters. The van der Waals surface area contributed by atoms with Crippen molar-refractivity contribution in [2.75, 3.05) is 19.5 Å². The number of benzene rings is 1. The van der Waals surface area contributed by atoms with Crippen LogP contribution >= 0.6 is 11.6 Å². The summed E-state index contributed by atoms with van der Waals surface area (Å²) in [6.45, 7) is 1.63. The minimum absolute atomic E-state index is 0.0505. The number of aryl methyl sites for hydroxylation is 1. The van der Waals surface area contributed by atoms with Gasteiger partial charge in [-0.25, -0.2) is 4.79 Å². The van der Waals surface area contributed by atoms with Crippen molar-refractivity contribution in [2.24, 2.45) is 7.05 Å². The Kier molecular flexibility index (Phi) is 6.10. The van der Waals surface area contributed by atoms with Gasteiger partial charge in [-0.3, -0.25) is 14.2 Å². The molecule has 0 fully saturated rings. The molecule has 0 aliphatic heterocycles. The molecule has 0 saturated carbocycles. The summed E-state index contributed by atoms with van der Waals surface area (Å²) in [5, 5.41) is 3.03. The van der Waals surface area contributed by atoms with Gasteiger partial charge in [-0.2, -0.15) is 0 Å². The highest BCUT2D eigenvalue weighted by Crippen LogP contribution is 2.35. The Labute approximate surface area is 154 Å². The van der Waals surface area contributed by atoms with Gasteiger partial charge in [0.05, 0.1) is 24.9 Å². The van der Waals surface area contributed by atoms with Crippen molar-refractivity contribution < 1.29 is 14.3 Å². The molecule has 1 heterocycles. The molecule has 0 unspecified atom stereocenters. The molecule has 0 aliphatic rings. The van der Waals surface area contributed by atoms with E-state index in [9.17, 15) is 14.4 Å². The maximum atomic E-state index is 12.3. The topological polar surface area (TPSA) is 102 Å². The fourth-order valence-electron chi connectivity index (χ4n) is 2.48. The first kappa shape index (κ1) is 19.6. The number of halogens is 1. The van der Waals surface area contributed by atoms with Gasteiger partial charge < -0.3 is 19.8 Å². The number of amides is 1. The number of nitrogens with one attached hydrogen (secondary N) is 2. The van der Waals surface area contributed by atoms with Crippen LogP contribution in [0.25, 0.3) is 0 Å². The Morgan fingerprint density at radius 3 is 2.50 bits per heavy atom. The molecule has 0 saturated heterocycles. The van der Waals surface area contributed by atoms with Crippen molar-refractivity contribution in [1.29, 1.82) is 0 Å². The number of nitrogens with zero attached hydrogens (tertiary/aromatic N) is 1. The Morgan fingerprint density at radius 1 is 1.23 bits per heavy atom. The summed E-state index contributed by atoms with van der Waals surface area (Å²) in [6, 6.07) is 3.10. The number of ether oxygens (including phenoxy) is 2. The number of rotatable bonds is 6. The molecule has 0 spiro atoms. The SMILES string of the molecule is COc1cc(OC)c(NC(=O)CCc2c(C)[nH]c(=O)n(C)c2=O)cc1Cl. The molecule has 2 rings (SSSR count). The summed E-state index contributed by atoms with van der Waals surface area (Å²) in [4.78, 5) is 38.6. The Bertz CT molecular complexity index is 949. The maximum absolute atomic E-state index is 12.3. The Balaban J connectivity index is 2.16. The molecule has 0 radical (unpaired) electrons. The second-order valence-electron chi connectivity index (χ2n) is 5.63. The average molecular weight is 382 g/mol. The molecule has 0 bridgehead atoms. The standard InChI is InChI=1S/C17H20ClN3O5/c1-9-10(16(23)21(2)17(24)19-9)5-6-15(22)20-12-7-11(18)13(25-3)8-14(12)26-4/h7-8H,5-6H2,1-4H3,(H,19,24)(H,20,22). The number of aromatic amines is 1. The van der Waals surface area contributed by atoms with Crippen LogP contribution in [0.3, 0.4) is 0 Å². The van der Waals surface area contributed by atoms with Crippen LogP contribution in [0.5, 0.6) is 11.5 Å². The van der Waals surface area contributed by atoms with Crippen LogP contribution in [-0.4, -0.2) is 29.7 Å². The number of anilines is 1. The zero-order valence-corrected chi connectivity index (χ0v) is 15.7. The fraction of sp³-hybridized carbons (Fsp3) is 0.353. The van der Waals surface area contributed by atoms with Crippen molar-refractivity contribution in [3.05, 3.63) is 49.3 Å². The lowest BCUT2D eigenvalue weighted by Gasteiger charge is -2.13. The minimum Gasteiger partial charge on any atom is -0.495 e. The third-order valence-electron chi connectivity index (χ3n) is 3.96. The van der Waals surface area contributed by atoms with E-state index in [1.54, 1.807) is 13.0 Å². The van der Waals surface area contributed by atoms with Gasteiger partial charge >= 0.3 is 5.69 Å².